The molecule has 1 aliphatic heterocycles. The standard InChI is InChI=1S/C31H32F2N6O2/c1-4-26(40)35-22-9-5-7-20(17-22)23-10-6-8-21-18-34-30(37-29(21)23)36-24-11-12-25(28(33)27(24)32)39-15-13-38(14-16-39)19-31(2,3)41/h4-12,17-18,41H,1,13-16,19H2,2-3H3,(H,35,40)(H,34,36,37). The maximum atomic E-state index is 15.2. The highest BCUT2D eigenvalue weighted by molar-refractivity contribution is 6.00. The van der Waals surface area contributed by atoms with Crippen LogP contribution < -0.4 is 15.5 Å². The van der Waals surface area contributed by atoms with Crippen LogP contribution in [-0.4, -0.2) is 64.2 Å². The van der Waals surface area contributed by atoms with E-state index < -0.39 is 17.2 Å². The Balaban J connectivity index is 1.37. The van der Waals surface area contributed by atoms with Gasteiger partial charge in [0.1, 0.15) is 0 Å². The first kappa shape index (κ1) is 28.1. The van der Waals surface area contributed by atoms with Crippen LogP contribution in [0.1, 0.15) is 13.8 Å². The lowest BCUT2D eigenvalue weighted by Crippen LogP contribution is -2.50. The molecule has 0 spiro atoms. The van der Waals surface area contributed by atoms with Gasteiger partial charge >= 0.3 is 0 Å². The second-order valence-corrected chi connectivity index (χ2v) is 10.7. The van der Waals surface area contributed by atoms with E-state index in [1.807, 2.05) is 41.3 Å². The number of rotatable bonds is 8. The van der Waals surface area contributed by atoms with Crippen molar-refractivity contribution in [2.45, 2.75) is 19.4 Å². The molecule has 0 radical (unpaired) electrons. The third kappa shape index (κ3) is 6.50. The molecular formula is C31H32F2N6O2. The molecule has 1 amide bonds. The molecule has 212 valence electrons. The van der Waals surface area contributed by atoms with E-state index in [-0.39, 0.29) is 23.2 Å². The van der Waals surface area contributed by atoms with Gasteiger partial charge in [0.15, 0.2) is 11.6 Å². The topological polar surface area (TPSA) is 93.6 Å². The molecule has 0 unspecified atom stereocenters. The lowest BCUT2D eigenvalue weighted by molar-refractivity contribution is -0.111. The fourth-order valence-electron chi connectivity index (χ4n) is 5.00. The molecular weight excluding hydrogens is 526 g/mol. The smallest absolute Gasteiger partial charge is 0.247 e. The quantitative estimate of drug-likeness (QED) is 0.252. The first-order valence-corrected chi connectivity index (χ1v) is 13.4. The Kier molecular flexibility index (Phi) is 7.96. The van der Waals surface area contributed by atoms with Crippen molar-refractivity contribution >= 4 is 39.8 Å². The van der Waals surface area contributed by atoms with E-state index in [1.54, 1.807) is 32.2 Å². The molecule has 3 N–H and O–H groups in total. The summed E-state index contributed by atoms with van der Waals surface area (Å²) in [5, 5.41) is 16.4. The first-order valence-electron chi connectivity index (χ1n) is 13.4. The number of para-hydroxylation sites is 1. The van der Waals surface area contributed by atoms with Gasteiger partial charge < -0.3 is 20.6 Å². The van der Waals surface area contributed by atoms with Gasteiger partial charge in [0.2, 0.25) is 11.9 Å². The second-order valence-electron chi connectivity index (χ2n) is 10.7. The molecule has 1 saturated heterocycles. The molecule has 1 aromatic heterocycles. The first-order chi connectivity index (χ1) is 19.6. The number of hydrogen-bond acceptors (Lipinski definition) is 7. The molecule has 0 aliphatic carbocycles. The molecule has 0 saturated carbocycles. The van der Waals surface area contributed by atoms with Gasteiger partial charge in [-0.05, 0) is 49.8 Å². The predicted octanol–water partition coefficient (Wildman–Crippen LogP) is 5.34. The van der Waals surface area contributed by atoms with Crippen molar-refractivity contribution in [3.8, 4) is 11.1 Å². The van der Waals surface area contributed by atoms with Crippen LogP contribution in [-0.2, 0) is 4.79 Å². The summed E-state index contributed by atoms with van der Waals surface area (Å²) < 4.78 is 30.5. The number of amides is 1. The van der Waals surface area contributed by atoms with Crippen LogP contribution in [0.5, 0.6) is 0 Å². The van der Waals surface area contributed by atoms with Gasteiger partial charge in [0.25, 0.3) is 0 Å². The number of anilines is 4. The summed E-state index contributed by atoms with van der Waals surface area (Å²) >= 11 is 0. The van der Waals surface area contributed by atoms with Crippen LogP contribution >= 0.6 is 0 Å². The summed E-state index contributed by atoms with van der Waals surface area (Å²) in [7, 11) is 0. The average Bonchev–Trinajstić information content (AvgIpc) is 2.95. The molecule has 0 bridgehead atoms. The third-order valence-corrected chi connectivity index (χ3v) is 6.87. The van der Waals surface area contributed by atoms with Crippen LogP contribution in [0.15, 0.2) is 73.4 Å². The van der Waals surface area contributed by atoms with Crippen molar-refractivity contribution < 1.29 is 18.7 Å². The van der Waals surface area contributed by atoms with E-state index in [4.69, 9.17) is 0 Å². The maximum Gasteiger partial charge on any atom is 0.247 e. The fraction of sp³-hybridized carbons (Fsp3) is 0.258. The van der Waals surface area contributed by atoms with Crippen molar-refractivity contribution in [3.05, 3.63) is 85.1 Å². The van der Waals surface area contributed by atoms with Gasteiger partial charge in [-0.3, -0.25) is 9.69 Å². The molecule has 10 heteroatoms. The van der Waals surface area contributed by atoms with E-state index in [9.17, 15) is 9.90 Å². The van der Waals surface area contributed by atoms with Gasteiger partial charge in [-0.2, -0.15) is 0 Å². The summed E-state index contributed by atoms with van der Waals surface area (Å²) in [6.07, 6.45) is 2.82. The third-order valence-electron chi connectivity index (χ3n) is 6.87. The van der Waals surface area contributed by atoms with Gasteiger partial charge in [-0.1, -0.05) is 36.9 Å². The van der Waals surface area contributed by atoms with Crippen molar-refractivity contribution in [2.24, 2.45) is 0 Å². The summed E-state index contributed by atoms with van der Waals surface area (Å²) in [5.74, 6) is -2.15. The summed E-state index contributed by atoms with van der Waals surface area (Å²) in [5.41, 5.74) is 2.12. The van der Waals surface area contributed by atoms with Crippen molar-refractivity contribution in [3.63, 3.8) is 0 Å². The Labute approximate surface area is 237 Å². The van der Waals surface area contributed by atoms with Gasteiger partial charge in [-0.15, -0.1) is 0 Å². The zero-order chi connectivity index (χ0) is 29.1. The SMILES string of the molecule is C=CC(=O)Nc1cccc(-c2cccc3cnc(Nc4ccc(N5CCN(CC(C)(C)O)CC5)c(F)c4F)nc23)c1. The second kappa shape index (κ2) is 11.6. The van der Waals surface area contributed by atoms with Crippen LogP contribution in [0.4, 0.5) is 31.8 Å². The highest BCUT2D eigenvalue weighted by Gasteiger charge is 2.25. The number of nitrogens with zero attached hydrogens (tertiary/aromatic N) is 4. The van der Waals surface area contributed by atoms with Gasteiger partial charge in [0.05, 0.1) is 22.5 Å². The lowest BCUT2D eigenvalue weighted by Gasteiger charge is -2.38. The molecule has 5 rings (SSSR count). The van der Waals surface area contributed by atoms with Crippen molar-refractivity contribution in [1.29, 1.82) is 0 Å². The summed E-state index contributed by atoms with van der Waals surface area (Å²) in [6, 6.07) is 16.0. The van der Waals surface area contributed by atoms with Crippen LogP contribution in [0, 0.1) is 11.6 Å². The number of carbonyl (C=O) groups excluding carboxylic acids is 1. The van der Waals surface area contributed by atoms with E-state index in [1.165, 1.54) is 12.1 Å². The monoisotopic (exact) mass is 558 g/mol. The van der Waals surface area contributed by atoms with E-state index in [2.05, 4.69) is 32.1 Å². The minimum absolute atomic E-state index is 0.0714. The van der Waals surface area contributed by atoms with Gasteiger partial charge in [0, 0.05) is 55.6 Å². The normalized spacial score (nSPS) is 14.2. The summed E-state index contributed by atoms with van der Waals surface area (Å²) in [6.45, 7) is 9.83. The number of piperazine rings is 1. The highest BCUT2D eigenvalue weighted by atomic mass is 19.2. The lowest BCUT2D eigenvalue weighted by atomic mass is 10.0. The molecule has 4 aromatic rings. The summed E-state index contributed by atoms with van der Waals surface area (Å²) in [4.78, 5) is 24.6. The molecule has 41 heavy (non-hydrogen) atoms. The number of nitrogens with one attached hydrogen (secondary N) is 2. The zero-order valence-electron chi connectivity index (χ0n) is 23.0. The van der Waals surface area contributed by atoms with Crippen LogP contribution in [0.2, 0.25) is 0 Å². The molecule has 1 fully saturated rings. The minimum atomic E-state index is -1.01. The number of benzene rings is 3. The number of aliphatic hydroxyl groups is 1. The number of fused-ring (bicyclic) bond motifs is 1. The van der Waals surface area contributed by atoms with E-state index >= 15 is 8.78 Å². The van der Waals surface area contributed by atoms with E-state index in [0.717, 1.165) is 16.5 Å². The predicted molar refractivity (Wildman–Crippen MR) is 158 cm³/mol. The number of carbonyl (C=O) groups is 1. The van der Waals surface area contributed by atoms with Crippen molar-refractivity contribution in [1.82, 2.24) is 14.9 Å². The Morgan fingerprint density at radius 3 is 2.56 bits per heavy atom. The van der Waals surface area contributed by atoms with E-state index in [0.29, 0.717) is 43.9 Å². The number of β-amino-alcohol motifs (C(OH)–C–C–N with tert-alkyl or cyclic N) is 1. The van der Waals surface area contributed by atoms with Crippen molar-refractivity contribution in [2.75, 3.05) is 48.3 Å². The Morgan fingerprint density at radius 2 is 1.83 bits per heavy atom. The van der Waals surface area contributed by atoms with Gasteiger partial charge in [-0.25, -0.2) is 18.7 Å². The highest BCUT2D eigenvalue weighted by Crippen LogP contribution is 2.32. The molecule has 3 aromatic carbocycles. The molecule has 1 aliphatic rings. The largest absolute Gasteiger partial charge is 0.389 e. The Bertz CT molecular complexity index is 1600. The van der Waals surface area contributed by atoms with Crippen LogP contribution in [0.3, 0.4) is 0 Å². The number of halogens is 2. The molecule has 8 nitrogen and oxygen atoms in total. The number of aromatic nitrogens is 2. The minimum Gasteiger partial charge on any atom is -0.389 e. The number of hydrogen-bond donors (Lipinski definition) is 3. The maximum absolute atomic E-state index is 15.2. The average molecular weight is 559 g/mol. The Morgan fingerprint density at radius 1 is 1.07 bits per heavy atom. The molecule has 0 atom stereocenters. The van der Waals surface area contributed by atoms with Crippen LogP contribution in [0.25, 0.3) is 22.0 Å². The Hall–Kier alpha value is -4.41. The fourth-order valence-corrected chi connectivity index (χ4v) is 5.00. The molecule has 2 heterocycles. The zero-order valence-corrected chi connectivity index (χ0v) is 23.0.